The van der Waals surface area contributed by atoms with Crippen LogP contribution >= 0.6 is 23.2 Å². The summed E-state index contributed by atoms with van der Waals surface area (Å²) in [6.45, 7) is 13.3. The van der Waals surface area contributed by atoms with Gasteiger partial charge in [-0.1, -0.05) is 57.8 Å². The smallest absolute Gasteiger partial charge is 0.262 e. The molecule has 0 aromatic heterocycles. The summed E-state index contributed by atoms with van der Waals surface area (Å²) < 4.78 is 11.9. The Balaban J connectivity index is 1.57. The topological polar surface area (TPSA) is 84.9 Å². The molecule has 0 spiro atoms. The van der Waals surface area contributed by atoms with Crippen molar-refractivity contribution < 1.29 is 23.9 Å². The second-order valence-corrected chi connectivity index (χ2v) is 14.6. The van der Waals surface area contributed by atoms with E-state index in [9.17, 15) is 14.4 Å². The number of Topliss-reactive ketones (excluding diaryl/α,β-unsaturated/α-hetero) is 2. The van der Waals surface area contributed by atoms with Crippen LogP contribution in [-0.4, -0.2) is 42.1 Å². The van der Waals surface area contributed by atoms with Gasteiger partial charge in [-0.15, -0.1) is 0 Å². The number of hydrogen-bond donors (Lipinski definition) is 1. The first kappa shape index (κ1) is 33.1. The molecule has 5 rings (SSSR count). The molecule has 1 heterocycles. The van der Waals surface area contributed by atoms with Gasteiger partial charge in [0.15, 0.2) is 29.7 Å². The number of ketones is 2. The van der Waals surface area contributed by atoms with Crippen LogP contribution in [0.5, 0.6) is 11.5 Å². The van der Waals surface area contributed by atoms with E-state index >= 15 is 0 Å². The zero-order valence-corrected chi connectivity index (χ0v) is 28.5. The first-order chi connectivity index (χ1) is 21.2. The summed E-state index contributed by atoms with van der Waals surface area (Å²) in [6.07, 6.45) is 3.18. The molecule has 0 bridgehead atoms. The Morgan fingerprint density at radius 1 is 0.889 bits per heavy atom. The fraction of sp³-hybridized carbons (Fsp3) is 0.472. The highest BCUT2D eigenvalue weighted by atomic mass is 35.5. The van der Waals surface area contributed by atoms with E-state index in [1.165, 1.54) is 0 Å². The number of allylic oxidation sites excluding steroid dienone is 4. The van der Waals surface area contributed by atoms with Gasteiger partial charge < -0.3 is 19.7 Å². The summed E-state index contributed by atoms with van der Waals surface area (Å²) in [5.74, 6) is -0.234. The summed E-state index contributed by atoms with van der Waals surface area (Å²) in [5, 5.41) is 3.58. The van der Waals surface area contributed by atoms with E-state index < -0.39 is 5.92 Å². The van der Waals surface area contributed by atoms with Crippen molar-refractivity contribution in [1.82, 2.24) is 4.90 Å². The summed E-state index contributed by atoms with van der Waals surface area (Å²) in [6, 6.07) is 10.3. The molecule has 2 aliphatic carbocycles. The monoisotopic (exact) mass is 652 g/mol. The molecule has 2 aromatic carbocycles. The second kappa shape index (κ2) is 12.8. The lowest BCUT2D eigenvalue weighted by atomic mass is 9.63. The number of nitrogens with zero attached hydrogens (tertiary/aromatic N) is 1. The maximum atomic E-state index is 14.0. The maximum absolute atomic E-state index is 14.0. The highest BCUT2D eigenvalue weighted by molar-refractivity contribution is 6.32. The van der Waals surface area contributed by atoms with Crippen molar-refractivity contribution in [2.24, 2.45) is 10.8 Å². The van der Waals surface area contributed by atoms with Crippen LogP contribution < -0.4 is 14.8 Å². The van der Waals surface area contributed by atoms with Crippen LogP contribution in [-0.2, 0) is 14.4 Å². The highest BCUT2D eigenvalue weighted by Crippen LogP contribution is 2.55. The van der Waals surface area contributed by atoms with E-state index in [0.29, 0.717) is 52.6 Å². The van der Waals surface area contributed by atoms with Crippen LogP contribution in [0.4, 0.5) is 5.69 Å². The number of carbonyl (C=O) groups excluding carboxylic acids is 3. The van der Waals surface area contributed by atoms with E-state index in [1.54, 1.807) is 30.3 Å². The molecule has 7 nitrogen and oxygen atoms in total. The molecule has 0 saturated carbocycles. The van der Waals surface area contributed by atoms with Crippen LogP contribution in [0.1, 0.15) is 85.1 Å². The Bertz CT molecular complexity index is 1540. The molecule has 9 heteroatoms. The average molecular weight is 654 g/mol. The summed E-state index contributed by atoms with van der Waals surface area (Å²) in [5.41, 5.74) is 4.30. The fourth-order valence-corrected chi connectivity index (χ4v) is 7.30. The third-order valence-corrected chi connectivity index (χ3v) is 9.14. The van der Waals surface area contributed by atoms with Crippen LogP contribution in [0.15, 0.2) is 58.9 Å². The number of anilines is 1. The molecule has 240 valence electrons. The van der Waals surface area contributed by atoms with E-state index in [4.69, 9.17) is 32.7 Å². The largest absolute Gasteiger partial charge is 0.490 e. The molecule has 0 atom stereocenters. The molecule has 1 aliphatic heterocycles. The minimum absolute atomic E-state index is 0.0600. The number of carbonyl (C=O) groups is 3. The summed E-state index contributed by atoms with van der Waals surface area (Å²) in [4.78, 5) is 43.0. The van der Waals surface area contributed by atoms with Crippen molar-refractivity contribution in [2.75, 3.05) is 25.1 Å². The van der Waals surface area contributed by atoms with Crippen LogP contribution in [0, 0.1) is 10.8 Å². The Morgan fingerprint density at radius 2 is 1.47 bits per heavy atom. The lowest BCUT2D eigenvalue weighted by Gasteiger charge is -2.49. The van der Waals surface area contributed by atoms with Crippen molar-refractivity contribution in [1.29, 1.82) is 0 Å². The predicted molar refractivity (Wildman–Crippen MR) is 178 cm³/mol. The number of rotatable bonds is 9. The number of nitrogens with one attached hydrogen (secondary N) is 1. The Hall–Kier alpha value is -3.29. The van der Waals surface area contributed by atoms with Gasteiger partial charge in [-0.25, -0.2) is 0 Å². The fourth-order valence-electron chi connectivity index (χ4n) is 6.90. The van der Waals surface area contributed by atoms with Crippen molar-refractivity contribution in [3.8, 4) is 11.5 Å². The minimum Gasteiger partial charge on any atom is -0.490 e. The van der Waals surface area contributed by atoms with Gasteiger partial charge in [-0.3, -0.25) is 14.4 Å². The molecular weight excluding hydrogens is 611 g/mol. The second-order valence-electron chi connectivity index (χ2n) is 13.8. The first-order valence-electron chi connectivity index (χ1n) is 15.7. The Morgan fingerprint density at radius 3 is 2.00 bits per heavy atom. The molecular formula is C36H42Cl2N2O5. The summed E-state index contributed by atoms with van der Waals surface area (Å²) in [7, 11) is 0. The molecule has 0 unspecified atom stereocenters. The quantitative estimate of drug-likeness (QED) is 0.292. The molecule has 1 N–H and O–H groups in total. The number of benzene rings is 2. The highest BCUT2D eigenvalue weighted by Gasteiger charge is 2.49. The van der Waals surface area contributed by atoms with Gasteiger partial charge in [-0.2, -0.15) is 0 Å². The van der Waals surface area contributed by atoms with E-state index in [0.717, 1.165) is 37.2 Å². The molecule has 1 amide bonds. The third kappa shape index (κ3) is 6.95. The minimum atomic E-state index is -0.561. The average Bonchev–Trinajstić information content (AvgIpc) is 2.93. The molecule has 0 radical (unpaired) electrons. The zero-order chi connectivity index (χ0) is 32.7. The van der Waals surface area contributed by atoms with Crippen LogP contribution in [0.2, 0.25) is 10.0 Å². The molecule has 2 aromatic rings. The van der Waals surface area contributed by atoms with E-state index in [1.807, 2.05) is 13.0 Å². The number of amides is 1. The lowest BCUT2D eigenvalue weighted by molar-refractivity contribution is -0.120. The summed E-state index contributed by atoms with van der Waals surface area (Å²) >= 11 is 12.8. The number of hydrogen-bond acceptors (Lipinski definition) is 6. The van der Waals surface area contributed by atoms with Crippen LogP contribution in [0.3, 0.4) is 0 Å². The third-order valence-electron chi connectivity index (χ3n) is 8.61. The Kier molecular flexibility index (Phi) is 9.44. The van der Waals surface area contributed by atoms with Gasteiger partial charge in [-0.05, 0) is 79.0 Å². The number of ether oxygens (including phenoxy) is 2. The van der Waals surface area contributed by atoms with Gasteiger partial charge in [0.1, 0.15) is 0 Å². The number of halogens is 2. The van der Waals surface area contributed by atoms with Gasteiger partial charge in [0.2, 0.25) is 0 Å². The van der Waals surface area contributed by atoms with E-state index in [-0.39, 0.29) is 45.7 Å². The SMILES string of the molecule is CCCN1C2=C(C(=O)CC(C)(C)C2)C(c2cc(Cl)c(OCC(=O)Nc3ccc(Cl)cc3)c(OCC)c2)C2=C1CC(C)(C)CC2=O. The molecule has 3 aliphatic rings. The van der Waals surface area contributed by atoms with Crippen LogP contribution in [0.25, 0.3) is 0 Å². The van der Waals surface area contributed by atoms with Gasteiger partial charge in [0.25, 0.3) is 5.91 Å². The standard InChI is InChI=1S/C36H42Cl2N2O5/c1-7-13-40-25-16-35(3,4)18-27(41)32(25)31(33-26(40)17-36(5,6)19-28(33)42)21-14-24(38)34(29(15-21)44-8-2)45-20-30(43)39-23-11-9-22(37)10-12-23/h9-12,14-15,31H,7-8,13,16-20H2,1-6H3,(H,39,43). The van der Waals surface area contributed by atoms with Gasteiger partial charge in [0, 0.05) is 58.6 Å². The molecule has 45 heavy (non-hydrogen) atoms. The molecule has 0 saturated heterocycles. The van der Waals surface area contributed by atoms with Gasteiger partial charge >= 0.3 is 0 Å². The molecule has 0 fully saturated rings. The van der Waals surface area contributed by atoms with Crippen molar-refractivity contribution in [3.05, 3.63) is 74.5 Å². The van der Waals surface area contributed by atoms with E-state index in [2.05, 4.69) is 44.8 Å². The van der Waals surface area contributed by atoms with Gasteiger partial charge in [0.05, 0.1) is 11.6 Å². The lowest BCUT2D eigenvalue weighted by Crippen LogP contribution is -2.44. The zero-order valence-electron chi connectivity index (χ0n) is 26.9. The van der Waals surface area contributed by atoms with Crippen molar-refractivity contribution >= 4 is 46.4 Å². The normalized spacial score (nSPS) is 19.3. The maximum Gasteiger partial charge on any atom is 0.262 e. The predicted octanol–water partition coefficient (Wildman–Crippen LogP) is 8.51. The Labute approximate surface area is 275 Å². The first-order valence-corrected chi connectivity index (χ1v) is 16.4. The van der Waals surface area contributed by atoms with Crippen molar-refractivity contribution in [2.45, 2.75) is 79.6 Å². The van der Waals surface area contributed by atoms with Crippen molar-refractivity contribution in [3.63, 3.8) is 0 Å².